The SMILES string of the molecule is Cc1cccc([C@@H](C)CNC(=O)NC[C@H]2CC(=O)N(C3CC3)C2)c1. The average molecular weight is 329 g/mol. The lowest BCUT2D eigenvalue weighted by atomic mass is 9.99. The molecule has 1 aromatic rings. The van der Waals surface area contributed by atoms with Crippen molar-refractivity contribution in [1.29, 1.82) is 0 Å². The molecule has 3 rings (SSSR count). The lowest BCUT2D eigenvalue weighted by Gasteiger charge is -2.17. The van der Waals surface area contributed by atoms with E-state index in [2.05, 4.69) is 42.7 Å². The van der Waals surface area contributed by atoms with Crippen LogP contribution in [0.5, 0.6) is 0 Å². The molecular formula is C19H27N3O2. The van der Waals surface area contributed by atoms with Gasteiger partial charge >= 0.3 is 6.03 Å². The van der Waals surface area contributed by atoms with Gasteiger partial charge in [0, 0.05) is 38.0 Å². The fraction of sp³-hybridized carbons (Fsp3) is 0.579. The number of benzene rings is 1. The van der Waals surface area contributed by atoms with Gasteiger partial charge in [-0.25, -0.2) is 4.79 Å². The van der Waals surface area contributed by atoms with Crippen molar-refractivity contribution in [3.05, 3.63) is 35.4 Å². The Morgan fingerprint density at radius 2 is 2.12 bits per heavy atom. The Balaban J connectivity index is 1.37. The molecule has 24 heavy (non-hydrogen) atoms. The monoisotopic (exact) mass is 329 g/mol. The Bertz CT molecular complexity index is 612. The van der Waals surface area contributed by atoms with Crippen LogP contribution in [-0.4, -0.2) is 42.5 Å². The van der Waals surface area contributed by atoms with E-state index in [4.69, 9.17) is 0 Å². The third-order valence-electron chi connectivity index (χ3n) is 4.96. The van der Waals surface area contributed by atoms with Gasteiger partial charge in [0.25, 0.3) is 0 Å². The van der Waals surface area contributed by atoms with Gasteiger partial charge in [-0.05, 0) is 31.2 Å². The highest BCUT2D eigenvalue weighted by molar-refractivity contribution is 5.79. The van der Waals surface area contributed by atoms with Crippen molar-refractivity contribution < 1.29 is 9.59 Å². The number of hydrogen-bond donors (Lipinski definition) is 2. The fourth-order valence-electron chi connectivity index (χ4n) is 3.32. The van der Waals surface area contributed by atoms with E-state index < -0.39 is 0 Å². The highest BCUT2D eigenvalue weighted by Gasteiger charge is 2.39. The third-order valence-corrected chi connectivity index (χ3v) is 4.96. The summed E-state index contributed by atoms with van der Waals surface area (Å²) in [4.78, 5) is 25.9. The molecule has 1 aromatic carbocycles. The van der Waals surface area contributed by atoms with Crippen LogP contribution in [-0.2, 0) is 4.79 Å². The molecular weight excluding hydrogens is 302 g/mol. The number of urea groups is 1. The molecule has 2 atom stereocenters. The Morgan fingerprint density at radius 1 is 1.33 bits per heavy atom. The zero-order chi connectivity index (χ0) is 17.1. The Morgan fingerprint density at radius 3 is 2.83 bits per heavy atom. The predicted octanol–water partition coefficient (Wildman–Crippen LogP) is 2.41. The summed E-state index contributed by atoms with van der Waals surface area (Å²) in [7, 11) is 0. The standard InChI is InChI=1S/C19H27N3O2/c1-13-4-3-5-16(8-13)14(2)10-20-19(24)21-11-15-9-18(23)22(12-15)17-6-7-17/h3-5,8,14-15,17H,6-7,9-12H2,1-2H3,(H2,20,21,24)/t14-,15+/m0/s1. The highest BCUT2D eigenvalue weighted by atomic mass is 16.2. The van der Waals surface area contributed by atoms with Crippen molar-refractivity contribution in [2.45, 2.75) is 45.1 Å². The zero-order valence-corrected chi connectivity index (χ0v) is 14.5. The van der Waals surface area contributed by atoms with Crippen molar-refractivity contribution in [3.63, 3.8) is 0 Å². The number of carbonyl (C=O) groups is 2. The molecule has 1 heterocycles. The smallest absolute Gasteiger partial charge is 0.314 e. The average Bonchev–Trinajstić information content (AvgIpc) is 3.33. The number of amides is 3. The Labute approximate surface area is 143 Å². The van der Waals surface area contributed by atoms with E-state index in [0.29, 0.717) is 25.6 Å². The fourth-order valence-corrected chi connectivity index (χ4v) is 3.32. The summed E-state index contributed by atoms with van der Waals surface area (Å²) in [5.74, 6) is 0.768. The maximum atomic E-state index is 12.0. The number of nitrogens with zero attached hydrogens (tertiary/aromatic N) is 1. The van der Waals surface area contributed by atoms with E-state index in [0.717, 1.165) is 19.4 Å². The maximum Gasteiger partial charge on any atom is 0.314 e. The van der Waals surface area contributed by atoms with Crippen molar-refractivity contribution in [2.75, 3.05) is 19.6 Å². The van der Waals surface area contributed by atoms with Crippen molar-refractivity contribution in [1.82, 2.24) is 15.5 Å². The van der Waals surface area contributed by atoms with E-state index in [1.807, 2.05) is 11.0 Å². The van der Waals surface area contributed by atoms with Gasteiger partial charge in [-0.2, -0.15) is 0 Å². The van der Waals surface area contributed by atoms with Crippen LogP contribution < -0.4 is 10.6 Å². The van der Waals surface area contributed by atoms with Crippen molar-refractivity contribution in [2.24, 2.45) is 5.92 Å². The third kappa shape index (κ3) is 4.28. The molecule has 130 valence electrons. The molecule has 5 nitrogen and oxygen atoms in total. The number of aryl methyl sites for hydroxylation is 1. The second kappa shape index (κ2) is 7.24. The van der Waals surface area contributed by atoms with Gasteiger partial charge < -0.3 is 15.5 Å². The van der Waals surface area contributed by atoms with Crippen LogP contribution in [0, 0.1) is 12.8 Å². The molecule has 0 spiro atoms. The first-order chi connectivity index (χ1) is 11.5. The minimum atomic E-state index is -0.146. The van der Waals surface area contributed by atoms with E-state index >= 15 is 0 Å². The van der Waals surface area contributed by atoms with Gasteiger partial charge in [0.05, 0.1) is 0 Å². The number of hydrogen-bond acceptors (Lipinski definition) is 2. The normalized spacial score (nSPS) is 21.7. The zero-order valence-electron chi connectivity index (χ0n) is 14.5. The molecule has 5 heteroatoms. The molecule has 0 aromatic heterocycles. The van der Waals surface area contributed by atoms with Crippen LogP contribution >= 0.6 is 0 Å². The molecule has 2 fully saturated rings. The Hall–Kier alpha value is -2.04. The van der Waals surface area contributed by atoms with E-state index in [-0.39, 0.29) is 23.8 Å². The lowest BCUT2D eigenvalue weighted by molar-refractivity contribution is -0.128. The summed E-state index contributed by atoms with van der Waals surface area (Å²) in [6.45, 7) is 6.15. The number of nitrogens with one attached hydrogen (secondary N) is 2. The topological polar surface area (TPSA) is 61.4 Å². The molecule has 0 bridgehead atoms. The van der Waals surface area contributed by atoms with Crippen LogP contribution in [0.2, 0.25) is 0 Å². The van der Waals surface area contributed by atoms with Crippen LogP contribution in [0.25, 0.3) is 0 Å². The number of rotatable bonds is 6. The quantitative estimate of drug-likeness (QED) is 0.842. The largest absolute Gasteiger partial charge is 0.339 e. The van der Waals surface area contributed by atoms with E-state index in [1.54, 1.807) is 0 Å². The molecule has 1 aliphatic carbocycles. The molecule has 0 unspecified atom stereocenters. The van der Waals surface area contributed by atoms with Gasteiger partial charge in [-0.3, -0.25) is 4.79 Å². The van der Waals surface area contributed by atoms with Crippen molar-refractivity contribution in [3.8, 4) is 0 Å². The van der Waals surface area contributed by atoms with Gasteiger partial charge in [0.2, 0.25) is 5.91 Å². The Kier molecular flexibility index (Phi) is 5.07. The van der Waals surface area contributed by atoms with Gasteiger partial charge in [0.1, 0.15) is 0 Å². The first kappa shape index (κ1) is 16.8. The second-order valence-electron chi connectivity index (χ2n) is 7.25. The second-order valence-corrected chi connectivity index (χ2v) is 7.25. The highest BCUT2D eigenvalue weighted by Crippen LogP contribution is 2.32. The summed E-state index contributed by atoms with van der Waals surface area (Å²) in [5.41, 5.74) is 2.46. The summed E-state index contributed by atoms with van der Waals surface area (Å²) in [6, 6.07) is 8.70. The summed E-state index contributed by atoms with van der Waals surface area (Å²) in [6.07, 6.45) is 2.85. The van der Waals surface area contributed by atoms with Gasteiger partial charge in [0.15, 0.2) is 0 Å². The molecule has 2 aliphatic rings. The molecule has 0 radical (unpaired) electrons. The van der Waals surface area contributed by atoms with Crippen LogP contribution in [0.4, 0.5) is 4.79 Å². The first-order valence-electron chi connectivity index (χ1n) is 8.90. The summed E-state index contributed by atoms with van der Waals surface area (Å²) < 4.78 is 0. The molecule has 2 N–H and O–H groups in total. The molecule has 1 saturated heterocycles. The minimum absolute atomic E-state index is 0.146. The van der Waals surface area contributed by atoms with Gasteiger partial charge in [-0.15, -0.1) is 0 Å². The molecule has 1 aliphatic heterocycles. The van der Waals surface area contributed by atoms with E-state index in [9.17, 15) is 9.59 Å². The first-order valence-corrected chi connectivity index (χ1v) is 8.90. The predicted molar refractivity (Wildman–Crippen MR) is 93.8 cm³/mol. The van der Waals surface area contributed by atoms with Crippen LogP contribution in [0.15, 0.2) is 24.3 Å². The van der Waals surface area contributed by atoms with Crippen molar-refractivity contribution >= 4 is 11.9 Å². The summed E-state index contributed by atoms with van der Waals surface area (Å²) in [5, 5.41) is 5.85. The maximum absolute atomic E-state index is 12.0. The number of likely N-dealkylation sites (tertiary alicyclic amines) is 1. The van der Waals surface area contributed by atoms with Crippen LogP contribution in [0.1, 0.15) is 43.2 Å². The lowest BCUT2D eigenvalue weighted by Crippen LogP contribution is -2.40. The minimum Gasteiger partial charge on any atom is -0.339 e. The molecule has 3 amide bonds. The summed E-state index contributed by atoms with van der Waals surface area (Å²) >= 11 is 0. The van der Waals surface area contributed by atoms with E-state index in [1.165, 1.54) is 11.1 Å². The number of carbonyl (C=O) groups excluding carboxylic acids is 2. The van der Waals surface area contributed by atoms with Crippen LogP contribution in [0.3, 0.4) is 0 Å². The molecule has 1 saturated carbocycles. The van der Waals surface area contributed by atoms with Gasteiger partial charge in [-0.1, -0.05) is 36.8 Å².